The van der Waals surface area contributed by atoms with Crippen LogP contribution >= 0.6 is 12.4 Å². The fourth-order valence-corrected chi connectivity index (χ4v) is 5.15. The van der Waals surface area contributed by atoms with Gasteiger partial charge in [0.1, 0.15) is 5.82 Å². The van der Waals surface area contributed by atoms with E-state index in [-0.39, 0.29) is 31.1 Å². The van der Waals surface area contributed by atoms with Gasteiger partial charge in [0.2, 0.25) is 6.79 Å². The predicted octanol–water partition coefficient (Wildman–Crippen LogP) is 4.89. The fraction of sp³-hybridized carbons (Fsp3) is 0.440. The monoisotopic (exact) mass is 503 g/mol. The van der Waals surface area contributed by atoms with E-state index >= 15 is 0 Å². The number of halogens is 2. The zero-order chi connectivity index (χ0) is 23.1. The summed E-state index contributed by atoms with van der Waals surface area (Å²) in [6, 6.07) is 8.41. The lowest BCUT2D eigenvalue weighted by molar-refractivity contribution is 0.140. The summed E-state index contributed by atoms with van der Waals surface area (Å²) in [6.07, 6.45) is 3.19. The lowest BCUT2D eigenvalue weighted by Gasteiger charge is -2.31. The van der Waals surface area contributed by atoms with E-state index in [0.29, 0.717) is 30.4 Å². The third-order valence-corrected chi connectivity index (χ3v) is 6.97. The molecule has 0 bridgehead atoms. The van der Waals surface area contributed by atoms with E-state index in [4.69, 9.17) is 18.7 Å². The van der Waals surface area contributed by atoms with Crippen LogP contribution in [0.15, 0.2) is 34.9 Å². The number of nitrogens with zero attached hydrogens (tertiary/aromatic N) is 3. The minimum absolute atomic E-state index is 0. The third-order valence-electron chi connectivity index (χ3n) is 6.97. The number of aromatic nitrogens is 1. The zero-order valence-electron chi connectivity index (χ0n) is 19.2. The molecule has 10 heteroatoms. The van der Waals surface area contributed by atoms with E-state index in [2.05, 4.69) is 10.1 Å². The quantitative estimate of drug-likeness (QED) is 0.459. The lowest BCUT2D eigenvalue weighted by Crippen LogP contribution is -2.35. The number of fused-ring (bicyclic) bond motifs is 3. The number of amides is 1. The SMILES string of the molecule is Cl.O=C(OCCCN1CCC(c2noc3cc(F)ccc23)CC1)N1CCc2cc3c(cc21)OCO3. The second kappa shape index (κ2) is 9.91. The smallest absolute Gasteiger partial charge is 0.414 e. The highest BCUT2D eigenvalue weighted by Crippen LogP contribution is 2.41. The van der Waals surface area contributed by atoms with Gasteiger partial charge in [-0.15, -0.1) is 12.4 Å². The topological polar surface area (TPSA) is 77.3 Å². The number of carbonyl (C=O) groups is 1. The molecule has 0 unspecified atom stereocenters. The average molecular weight is 504 g/mol. The van der Waals surface area contributed by atoms with Crippen LogP contribution in [0.2, 0.25) is 0 Å². The lowest BCUT2D eigenvalue weighted by atomic mass is 9.91. The van der Waals surface area contributed by atoms with Crippen molar-refractivity contribution in [3.05, 3.63) is 47.4 Å². The molecule has 1 amide bonds. The second-order valence-corrected chi connectivity index (χ2v) is 9.03. The third kappa shape index (κ3) is 4.62. The molecule has 35 heavy (non-hydrogen) atoms. The maximum atomic E-state index is 13.4. The van der Waals surface area contributed by atoms with Gasteiger partial charge in [0.05, 0.1) is 18.0 Å². The van der Waals surface area contributed by atoms with Gasteiger partial charge in [0.25, 0.3) is 0 Å². The molecule has 3 aliphatic heterocycles. The van der Waals surface area contributed by atoms with E-state index in [1.165, 1.54) is 12.1 Å². The van der Waals surface area contributed by atoms with Crippen molar-refractivity contribution in [1.82, 2.24) is 10.1 Å². The Morgan fingerprint density at radius 2 is 1.91 bits per heavy atom. The van der Waals surface area contributed by atoms with Crippen LogP contribution < -0.4 is 14.4 Å². The Hall–Kier alpha value is -3.04. The van der Waals surface area contributed by atoms with Crippen LogP contribution in [0.5, 0.6) is 11.5 Å². The van der Waals surface area contributed by atoms with Crippen LogP contribution in [0.1, 0.15) is 36.4 Å². The summed E-state index contributed by atoms with van der Waals surface area (Å²) in [5.74, 6) is 1.41. The number of ether oxygens (including phenoxy) is 3. The van der Waals surface area contributed by atoms with Gasteiger partial charge in [0, 0.05) is 36.5 Å². The van der Waals surface area contributed by atoms with Gasteiger partial charge in [-0.25, -0.2) is 9.18 Å². The van der Waals surface area contributed by atoms with Crippen LogP contribution in [0, 0.1) is 5.82 Å². The van der Waals surface area contributed by atoms with Crippen molar-refractivity contribution >= 4 is 35.2 Å². The Morgan fingerprint density at radius 3 is 2.74 bits per heavy atom. The van der Waals surface area contributed by atoms with Gasteiger partial charge in [-0.2, -0.15) is 0 Å². The number of carbonyl (C=O) groups excluding carboxylic acids is 1. The Balaban J connectivity index is 0.00000253. The summed E-state index contributed by atoms with van der Waals surface area (Å²) in [7, 11) is 0. The Bertz CT molecular complexity index is 1230. The summed E-state index contributed by atoms with van der Waals surface area (Å²) in [5.41, 5.74) is 3.36. The molecule has 0 aliphatic carbocycles. The largest absolute Gasteiger partial charge is 0.454 e. The van der Waals surface area contributed by atoms with Crippen molar-refractivity contribution in [3.63, 3.8) is 0 Å². The molecule has 8 nitrogen and oxygen atoms in total. The van der Waals surface area contributed by atoms with Crippen LogP contribution in [0.3, 0.4) is 0 Å². The van der Waals surface area contributed by atoms with Crippen molar-refractivity contribution in [2.45, 2.75) is 31.6 Å². The van der Waals surface area contributed by atoms with Crippen molar-refractivity contribution in [1.29, 1.82) is 0 Å². The minimum atomic E-state index is -0.314. The number of hydrogen-bond donors (Lipinski definition) is 0. The molecule has 186 valence electrons. The molecule has 1 fully saturated rings. The van der Waals surface area contributed by atoms with Crippen LogP contribution in [0.4, 0.5) is 14.9 Å². The second-order valence-electron chi connectivity index (χ2n) is 9.03. The first-order valence-corrected chi connectivity index (χ1v) is 11.8. The number of hydrogen-bond acceptors (Lipinski definition) is 7. The molecule has 1 saturated heterocycles. The van der Waals surface area contributed by atoms with Gasteiger partial charge in [0.15, 0.2) is 17.1 Å². The van der Waals surface area contributed by atoms with Crippen molar-refractivity contribution in [2.75, 3.05) is 44.5 Å². The molecule has 3 aromatic rings. The standard InChI is InChI=1S/C25H26FN3O5.ClH/c26-18-2-3-19-21(13-18)34-27-24(19)16-4-8-28(9-5-16)7-1-11-31-25(30)29-10-6-17-12-22-23(14-20(17)29)33-15-32-22;/h2-3,12-14,16H,1,4-11,15H2;1H. The predicted molar refractivity (Wildman–Crippen MR) is 129 cm³/mol. The fourth-order valence-electron chi connectivity index (χ4n) is 5.15. The van der Waals surface area contributed by atoms with Gasteiger partial charge in [-0.05, 0) is 62.5 Å². The number of likely N-dealkylation sites (tertiary alicyclic amines) is 1. The Morgan fingerprint density at radius 1 is 1.11 bits per heavy atom. The first kappa shape index (κ1) is 23.7. The van der Waals surface area contributed by atoms with Gasteiger partial charge >= 0.3 is 6.09 Å². The van der Waals surface area contributed by atoms with E-state index in [1.807, 2.05) is 12.1 Å². The highest BCUT2D eigenvalue weighted by molar-refractivity contribution is 5.91. The van der Waals surface area contributed by atoms with Gasteiger partial charge in [-0.1, -0.05) is 5.16 Å². The van der Waals surface area contributed by atoms with Gasteiger partial charge in [-0.3, -0.25) is 4.90 Å². The highest BCUT2D eigenvalue weighted by atomic mass is 35.5. The van der Waals surface area contributed by atoms with Crippen molar-refractivity contribution in [3.8, 4) is 11.5 Å². The average Bonchev–Trinajstić information content (AvgIpc) is 3.58. The summed E-state index contributed by atoms with van der Waals surface area (Å²) < 4.78 is 35.2. The molecule has 0 saturated carbocycles. The van der Waals surface area contributed by atoms with Crippen molar-refractivity contribution < 1.29 is 27.9 Å². The summed E-state index contributed by atoms with van der Waals surface area (Å²) in [5, 5.41) is 5.12. The molecule has 4 heterocycles. The molecule has 0 N–H and O–H groups in total. The number of benzene rings is 2. The number of anilines is 1. The summed E-state index contributed by atoms with van der Waals surface area (Å²) >= 11 is 0. The molecular weight excluding hydrogens is 477 g/mol. The number of piperidine rings is 1. The molecular formula is C25H27ClFN3O5. The van der Waals surface area contributed by atoms with Crippen LogP contribution in [-0.2, 0) is 11.2 Å². The Kier molecular flexibility index (Phi) is 6.71. The molecule has 3 aliphatic rings. The first-order valence-electron chi connectivity index (χ1n) is 11.8. The molecule has 6 rings (SSSR count). The normalized spacial score (nSPS) is 17.5. The van der Waals surface area contributed by atoms with Gasteiger partial charge < -0.3 is 23.6 Å². The summed E-state index contributed by atoms with van der Waals surface area (Å²) in [6.45, 7) is 3.97. The molecule has 0 radical (unpaired) electrons. The molecule has 0 atom stereocenters. The maximum Gasteiger partial charge on any atom is 0.414 e. The van der Waals surface area contributed by atoms with E-state index in [9.17, 15) is 9.18 Å². The van der Waals surface area contributed by atoms with Crippen molar-refractivity contribution in [2.24, 2.45) is 0 Å². The van der Waals surface area contributed by atoms with E-state index in [1.54, 1.807) is 11.0 Å². The maximum absolute atomic E-state index is 13.4. The van der Waals surface area contributed by atoms with Crippen LogP contribution in [0.25, 0.3) is 11.0 Å². The molecule has 1 aromatic heterocycles. The minimum Gasteiger partial charge on any atom is -0.454 e. The van der Waals surface area contributed by atoms with E-state index in [0.717, 1.165) is 73.4 Å². The molecule has 0 spiro atoms. The Labute approximate surface area is 208 Å². The highest BCUT2D eigenvalue weighted by Gasteiger charge is 2.30. The summed E-state index contributed by atoms with van der Waals surface area (Å²) in [4.78, 5) is 16.7. The van der Waals surface area contributed by atoms with Crippen LogP contribution in [-0.4, -0.2) is 55.7 Å². The van der Waals surface area contributed by atoms with E-state index < -0.39 is 0 Å². The zero-order valence-corrected chi connectivity index (χ0v) is 20.0. The number of rotatable bonds is 5. The first-order chi connectivity index (χ1) is 16.7. The molecule has 2 aromatic carbocycles.